The number of rotatable bonds is 5. The average Bonchev–Trinajstić information content (AvgIpc) is 2.92. The Bertz CT molecular complexity index is 487. The van der Waals surface area contributed by atoms with Crippen LogP contribution in [0.3, 0.4) is 0 Å². The lowest BCUT2D eigenvalue weighted by atomic mass is 10.0. The third kappa shape index (κ3) is 3.96. The predicted molar refractivity (Wildman–Crippen MR) is 74.0 cm³/mol. The van der Waals surface area contributed by atoms with Crippen molar-refractivity contribution < 1.29 is 4.79 Å². The molecule has 3 heteroatoms. The fourth-order valence-electron chi connectivity index (χ4n) is 2.34. The predicted octanol–water partition coefficient (Wildman–Crippen LogP) is 2.90. The number of amides is 1. The quantitative estimate of drug-likeness (QED) is 0.599. The molecule has 0 aromatic heterocycles. The van der Waals surface area contributed by atoms with Gasteiger partial charge in [-0.05, 0) is 24.3 Å². The number of benzene rings is 1. The number of allylic oxidation sites excluding steroid dienone is 2. The van der Waals surface area contributed by atoms with Crippen molar-refractivity contribution in [3.05, 3.63) is 48.0 Å². The van der Waals surface area contributed by atoms with Crippen LogP contribution in [0, 0.1) is 17.2 Å². The van der Waals surface area contributed by atoms with Gasteiger partial charge >= 0.3 is 0 Å². The second-order valence-electron chi connectivity index (χ2n) is 4.86. The van der Waals surface area contributed by atoms with Crippen LogP contribution in [0.25, 0.3) is 0 Å². The van der Waals surface area contributed by atoms with Crippen molar-refractivity contribution in [3.63, 3.8) is 0 Å². The second-order valence-corrected chi connectivity index (χ2v) is 4.86. The molecule has 2 rings (SSSR count). The first kappa shape index (κ1) is 13.4. The van der Waals surface area contributed by atoms with Gasteiger partial charge in [0, 0.05) is 13.0 Å². The fourth-order valence-corrected chi connectivity index (χ4v) is 2.34. The summed E-state index contributed by atoms with van der Waals surface area (Å²) >= 11 is 0. The lowest BCUT2D eigenvalue weighted by Crippen LogP contribution is -2.31. The van der Waals surface area contributed by atoms with E-state index in [0.29, 0.717) is 18.9 Å². The molecule has 1 aromatic carbocycles. The first-order valence-electron chi connectivity index (χ1n) is 6.65. The number of nitrogens with zero attached hydrogens (tertiary/aromatic N) is 2. The molecule has 19 heavy (non-hydrogen) atoms. The average molecular weight is 254 g/mol. The summed E-state index contributed by atoms with van der Waals surface area (Å²) in [4.78, 5) is 13.9. The fraction of sp³-hybridized carbons (Fsp3) is 0.375. The Morgan fingerprint density at radius 1 is 1.37 bits per heavy atom. The van der Waals surface area contributed by atoms with E-state index in [9.17, 15) is 4.79 Å². The van der Waals surface area contributed by atoms with Crippen molar-refractivity contribution in [1.29, 1.82) is 5.26 Å². The van der Waals surface area contributed by atoms with Crippen LogP contribution in [0.1, 0.15) is 24.8 Å². The zero-order valence-electron chi connectivity index (χ0n) is 11.0. The second kappa shape index (κ2) is 6.75. The van der Waals surface area contributed by atoms with Crippen molar-refractivity contribution in [3.8, 4) is 6.07 Å². The number of hydrogen-bond donors (Lipinski definition) is 0. The first-order chi connectivity index (χ1) is 9.29. The maximum atomic E-state index is 12.2. The molecule has 1 aromatic rings. The Kier molecular flexibility index (Phi) is 4.74. The number of carbonyl (C=O) groups is 1. The van der Waals surface area contributed by atoms with Crippen LogP contribution in [0.15, 0.2) is 42.5 Å². The SMILES string of the molecule is N#CCN(Cc1ccccc1)C(=O)CC1C=CCC1. The van der Waals surface area contributed by atoms with E-state index in [0.717, 1.165) is 18.4 Å². The van der Waals surface area contributed by atoms with Gasteiger partial charge in [-0.25, -0.2) is 0 Å². The zero-order chi connectivity index (χ0) is 13.5. The summed E-state index contributed by atoms with van der Waals surface area (Å²) in [5.41, 5.74) is 1.06. The van der Waals surface area contributed by atoms with E-state index in [2.05, 4.69) is 18.2 Å². The highest BCUT2D eigenvalue weighted by molar-refractivity contribution is 5.77. The van der Waals surface area contributed by atoms with Gasteiger partial charge in [0.15, 0.2) is 0 Å². The highest BCUT2D eigenvalue weighted by atomic mass is 16.2. The summed E-state index contributed by atoms with van der Waals surface area (Å²) in [6, 6.07) is 11.9. The minimum absolute atomic E-state index is 0.0713. The van der Waals surface area contributed by atoms with E-state index in [-0.39, 0.29) is 12.5 Å². The number of hydrogen-bond acceptors (Lipinski definition) is 2. The van der Waals surface area contributed by atoms with Gasteiger partial charge in [0.2, 0.25) is 5.91 Å². The monoisotopic (exact) mass is 254 g/mol. The van der Waals surface area contributed by atoms with Crippen molar-refractivity contribution in [1.82, 2.24) is 4.90 Å². The van der Waals surface area contributed by atoms with Gasteiger partial charge in [0.05, 0.1) is 6.07 Å². The topological polar surface area (TPSA) is 44.1 Å². The molecule has 1 unspecified atom stereocenters. The van der Waals surface area contributed by atoms with Gasteiger partial charge in [-0.2, -0.15) is 5.26 Å². The summed E-state index contributed by atoms with van der Waals surface area (Å²) in [5, 5.41) is 8.87. The lowest BCUT2D eigenvalue weighted by molar-refractivity contribution is -0.131. The molecule has 0 heterocycles. The molecule has 0 radical (unpaired) electrons. The van der Waals surface area contributed by atoms with Crippen LogP contribution in [0.2, 0.25) is 0 Å². The van der Waals surface area contributed by atoms with Crippen LogP contribution >= 0.6 is 0 Å². The molecule has 3 nitrogen and oxygen atoms in total. The normalized spacial score (nSPS) is 17.1. The van der Waals surface area contributed by atoms with Gasteiger partial charge in [0.1, 0.15) is 6.54 Å². The van der Waals surface area contributed by atoms with Crippen LogP contribution in [-0.2, 0) is 11.3 Å². The van der Waals surface area contributed by atoms with Crippen LogP contribution in [0.5, 0.6) is 0 Å². The highest BCUT2D eigenvalue weighted by Gasteiger charge is 2.19. The Labute approximate surface area is 114 Å². The molecular weight excluding hydrogens is 236 g/mol. The Balaban J connectivity index is 1.96. The number of carbonyl (C=O) groups excluding carboxylic acids is 1. The highest BCUT2D eigenvalue weighted by Crippen LogP contribution is 2.21. The maximum Gasteiger partial charge on any atom is 0.224 e. The van der Waals surface area contributed by atoms with Crippen molar-refractivity contribution in [2.45, 2.75) is 25.8 Å². The molecule has 0 aliphatic heterocycles. The van der Waals surface area contributed by atoms with E-state index >= 15 is 0 Å². The third-order valence-electron chi connectivity index (χ3n) is 3.38. The largest absolute Gasteiger partial charge is 0.325 e. The smallest absolute Gasteiger partial charge is 0.224 e. The lowest BCUT2D eigenvalue weighted by Gasteiger charge is -2.21. The summed E-state index contributed by atoms with van der Waals surface area (Å²) in [5.74, 6) is 0.423. The summed E-state index contributed by atoms with van der Waals surface area (Å²) in [6.45, 7) is 0.674. The Morgan fingerprint density at radius 3 is 2.79 bits per heavy atom. The van der Waals surface area contributed by atoms with Crippen LogP contribution in [0.4, 0.5) is 0 Å². The molecule has 0 saturated carbocycles. The molecule has 0 saturated heterocycles. The van der Waals surface area contributed by atoms with E-state index < -0.39 is 0 Å². The molecule has 0 fully saturated rings. The Hall–Kier alpha value is -2.08. The van der Waals surface area contributed by atoms with Gasteiger partial charge < -0.3 is 4.90 Å². The summed E-state index contributed by atoms with van der Waals surface area (Å²) in [7, 11) is 0. The van der Waals surface area contributed by atoms with Crippen LogP contribution < -0.4 is 0 Å². The van der Waals surface area contributed by atoms with Gasteiger partial charge in [-0.3, -0.25) is 4.79 Å². The van der Waals surface area contributed by atoms with Gasteiger partial charge in [-0.1, -0.05) is 42.5 Å². The minimum atomic E-state index is 0.0713. The zero-order valence-corrected chi connectivity index (χ0v) is 11.0. The molecule has 0 N–H and O–H groups in total. The van der Waals surface area contributed by atoms with Crippen molar-refractivity contribution >= 4 is 5.91 Å². The van der Waals surface area contributed by atoms with E-state index in [4.69, 9.17) is 5.26 Å². The molecule has 0 spiro atoms. The summed E-state index contributed by atoms with van der Waals surface area (Å²) < 4.78 is 0. The number of nitriles is 1. The van der Waals surface area contributed by atoms with Crippen molar-refractivity contribution in [2.75, 3.05) is 6.54 Å². The van der Waals surface area contributed by atoms with E-state index in [1.54, 1.807) is 4.90 Å². The Morgan fingerprint density at radius 2 is 2.16 bits per heavy atom. The van der Waals surface area contributed by atoms with Crippen molar-refractivity contribution in [2.24, 2.45) is 5.92 Å². The molecule has 98 valence electrons. The van der Waals surface area contributed by atoms with Gasteiger partial charge in [0.25, 0.3) is 0 Å². The molecular formula is C16H18N2O. The first-order valence-corrected chi connectivity index (χ1v) is 6.65. The third-order valence-corrected chi connectivity index (χ3v) is 3.38. The molecule has 1 aliphatic rings. The van der Waals surface area contributed by atoms with Gasteiger partial charge in [-0.15, -0.1) is 0 Å². The minimum Gasteiger partial charge on any atom is -0.325 e. The molecule has 1 aliphatic carbocycles. The van der Waals surface area contributed by atoms with E-state index in [1.165, 1.54) is 0 Å². The maximum absolute atomic E-state index is 12.2. The van der Waals surface area contributed by atoms with E-state index in [1.807, 2.05) is 30.3 Å². The summed E-state index contributed by atoms with van der Waals surface area (Å²) in [6.07, 6.45) is 6.88. The standard InChI is InChI=1S/C16H18N2O/c17-10-11-18(13-15-8-2-1-3-9-15)16(19)12-14-6-4-5-7-14/h1-4,6,8-9,14H,5,7,11-13H2. The molecule has 1 amide bonds. The van der Waals surface area contributed by atoms with Crippen LogP contribution in [-0.4, -0.2) is 17.4 Å². The molecule has 0 bridgehead atoms. The molecule has 1 atom stereocenters.